The van der Waals surface area contributed by atoms with Crippen LogP contribution in [0.4, 0.5) is 17.1 Å². The lowest BCUT2D eigenvalue weighted by molar-refractivity contribution is -0.115. The lowest BCUT2D eigenvalue weighted by Crippen LogP contribution is -2.14. The number of carbonyl (C=O) groups excluding carboxylic acids is 4. The van der Waals surface area contributed by atoms with E-state index >= 15 is 0 Å². The molecule has 3 N–H and O–H groups in total. The van der Waals surface area contributed by atoms with Crippen LogP contribution in [0.5, 0.6) is 0 Å². The van der Waals surface area contributed by atoms with Crippen LogP contribution in [0.2, 0.25) is 0 Å². The number of ketones is 1. The maximum absolute atomic E-state index is 12.6. The third kappa shape index (κ3) is 6.55. The van der Waals surface area contributed by atoms with Gasteiger partial charge in [-0.25, -0.2) is 0 Å². The first-order valence-electron chi connectivity index (χ1n) is 8.47. The molecule has 0 radical (unpaired) electrons. The summed E-state index contributed by atoms with van der Waals surface area (Å²) in [6.07, 6.45) is 0. The largest absolute Gasteiger partial charge is 0.326 e. The summed E-state index contributed by atoms with van der Waals surface area (Å²) in [6, 6.07) is 11.9. The standard InChI is InChI=1S/C20H21N3O4S/c1-12(24)21-15-4-7-17(8-5-15)28-11-20(27)18-9-6-16(22-13(2)25)10-19(18)23-14(3)26/h4-10H,11H2,1-3H3,(H,21,24)(H,22,25)(H,23,26). The summed E-state index contributed by atoms with van der Waals surface area (Å²) in [6.45, 7) is 4.17. The van der Waals surface area contributed by atoms with Gasteiger partial charge < -0.3 is 16.0 Å². The van der Waals surface area contributed by atoms with Gasteiger partial charge in [-0.2, -0.15) is 0 Å². The zero-order valence-electron chi connectivity index (χ0n) is 15.8. The highest BCUT2D eigenvalue weighted by molar-refractivity contribution is 8.00. The zero-order valence-corrected chi connectivity index (χ0v) is 16.6. The van der Waals surface area contributed by atoms with Gasteiger partial charge in [0.05, 0.1) is 11.4 Å². The van der Waals surface area contributed by atoms with E-state index in [0.717, 1.165) is 4.90 Å². The van der Waals surface area contributed by atoms with Crippen LogP contribution in [0, 0.1) is 0 Å². The minimum Gasteiger partial charge on any atom is -0.326 e. The molecule has 7 nitrogen and oxygen atoms in total. The van der Waals surface area contributed by atoms with Crippen molar-refractivity contribution in [1.82, 2.24) is 0 Å². The van der Waals surface area contributed by atoms with Gasteiger partial charge in [-0.1, -0.05) is 0 Å². The van der Waals surface area contributed by atoms with Gasteiger partial charge in [0.25, 0.3) is 0 Å². The molecule has 2 aromatic rings. The van der Waals surface area contributed by atoms with Crippen LogP contribution in [-0.2, 0) is 14.4 Å². The maximum Gasteiger partial charge on any atom is 0.221 e. The van der Waals surface area contributed by atoms with Crippen molar-refractivity contribution in [1.29, 1.82) is 0 Å². The number of benzene rings is 2. The molecular formula is C20H21N3O4S. The third-order valence-electron chi connectivity index (χ3n) is 3.50. The minimum atomic E-state index is -0.310. The predicted octanol–water partition coefficient (Wildman–Crippen LogP) is 3.54. The van der Waals surface area contributed by atoms with Crippen LogP contribution in [0.1, 0.15) is 31.1 Å². The molecule has 146 valence electrons. The highest BCUT2D eigenvalue weighted by Gasteiger charge is 2.14. The minimum absolute atomic E-state index is 0.149. The first-order chi connectivity index (χ1) is 13.2. The Hall–Kier alpha value is -3.13. The number of carbonyl (C=O) groups is 4. The highest BCUT2D eigenvalue weighted by Crippen LogP contribution is 2.26. The first-order valence-corrected chi connectivity index (χ1v) is 9.46. The number of rotatable bonds is 7. The van der Waals surface area contributed by atoms with E-state index < -0.39 is 0 Å². The van der Waals surface area contributed by atoms with E-state index in [1.807, 2.05) is 12.1 Å². The van der Waals surface area contributed by atoms with Crippen molar-refractivity contribution in [3.05, 3.63) is 48.0 Å². The Morgan fingerprint density at radius 3 is 1.86 bits per heavy atom. The summed E-state index contributed by atoms with van der Waals surface area (Å²) in [4.78, 5) is 47.3. The Bertz CT molecular complexity index is 910. The fourth-order valence-corrected chi connectivity index (χ4v) is 3.21. The lowest BCUT2D eigenvalue weighted by atomic mass is 10.1. The Balaban J connectivity index is 2.10. The fourth-order valence-electron chi connectivity index (χ4n) is 2.43. The van der Waals surface area contributed by atoms with Crippen LogP contribution in [0.25, 0.3) is 0 Å². The number of nitrogens with one attached hydrogen (secondary N) is 3. The van der Waals surface area contributed by atoms with Crippen molar-refractivity contribution in [2.75, 3.05) is 21.7 Å². The smallest absolute Gasteiger partial charge is 0.221 e. The average Bonchev–Trinajstić information content (AvgIpc) is 2.59. The second kappa shape index (κ2) is 9.70. The molecule has 0 saturated heterocycles. The van der Waals surface area contributed by atoms with E-state index in [9.17, 15) is 19.2 Å². The van der Waals surface area contributed by atoms with Crippen LogP contribution in [0.3, 0.4) is 0 Å². The molecule has 0 spiro atoms. The Labute approximate surface area is 167 Å². The third-order valence-corrected chi connectivity index (χ3v) is 4.51. The predicted molar refractivity (Wildman–Crippen MR) is 111 cm³/mol. The molecular weight excluding hydrogens is 378 g/mol. The number of hydrogen-bond donors (Lipinski definition) is 3. The summed E-state index contributed by atoms with van der Waals surface area (Å²) in [7, 11) is 0. The molecule has 0 bridgehead atoms. The number of Topliss-reactive ketones (excluding diaryl/α,β-unsaturated/α-hetero) is 1. The second-order valence-electron chi connectivity index (χ2n) is 6.04. The van der Waals surface area contributed by atoms with Gasteiger partial charge in [-0.3, -0.25) is 19.2 Å². The normalized spacial score (nSPS) is 10.1. The fraction of sp³-hybridized carbons (Fsp3) is 0.200. The maximum atomic E-state index is 12.6. The molecule has 2 aromatic carbocycles. The van der Waals surface area contributed by atoms with Crippen molar-refractivity contribution in [3.63, 3.8) is 0 Å². The van der Waals surface area contributed by atoms with Gasteiger partial charge in [0.1, 0.15) is 0 Å². The summed E-state index contributed by atoms with van der Waals surface area (Å²) in [5.41, 5.74) is 1.90. The topological polar surface area (TPSA) is 104 Å². The first kappa shape index (κ1) is 21.2. The summed E-state index contributed by atoms with van der Waals surface area (Å²) >= 11 is 1.35. The Morgan fingerprint density at radius 2 is 1.29 bits per heavy atom. The van der Waals surface area contributed by atoms with E-state index in [1.165, 1.54) is 32.5 Å². The van der Waals surface area contributed by atoms with Crippen LogP contribution >= 0.6 is 11.8 Å². The molecule has 0 atom stereocenters. The molecule has 0 heterocycles. The van der Waals surface area contributed by atoms with Gasteiger partial charge in [-0.05, 0) is 42.5 Å². The summed E-state index contributed by atoms with van der Waals surface area (Å²) in [5.74, 6) is -0.690. The van der Waals surface area contributed by atoms with E-state index in [0.29, 0.717) is 22.6 Å². The van der Waals surface area contributed by atoms with E-state index in [4.69, 9.17) is 0 Å². The molecule has 0 aliphatic carbocycles. The van der Waals surface area contributed by atoms with Gasteiger partial charge in [0.15, 0.2) is 5.78 Å². The highest BCUT2D eigenvalue weighted by atomic mass is 32.2. The monoisotopic (exact) mass is 399 g/mol. The lowest BCUT2D eigenvalue weighted by Gasteiger charge is -2.12. The Morgan fingerprint density at radius 1 is 0.750 bits per heavy atom. The van der Waals surface area contributed by atoms with Crippen molar-refractivity contribution < 1.29 is 19.2 Å². The average molecular weight is 399 g/mol. The van der Waals surface area contributed by atoms with Gasteiger partial charge >= 0.3 is 0 Å². The molecule has 8 heteroatoms. The molecule has 0 unspecified atom stereocenters. The van der Waals surface area contributed by atoms with Gasteiger partial charge in [0, 0.05) is 42.6 Å². The molecule has 3 amide bonds. The number of thioether (sulfide) groups is 1. The van der Waals surface area contributed by atoms with Crippen LogP contribution in [0.15, 0.2) is 47.4 Å². The quantitative estimate of drug-likeness (QED) is 0.488. The Kier molecular flexibility index (Phi) is 7.34. The molecule has 28 heavy (non-hydrogen) atoms. The number of amides is 3. The van der Waals surface area contributed by atoms with Crippen molar-refractivity contribution >= 4 is 52.3 Å². The number of anilines is 3. The van der Waals surface area contributed by atoms with Crippen molar-refractivity contribution in [2.24, 2.45) is 0 Å². The van der Waals surface area contributed by atoms with Gasteiger partial charge in [-0.15, -0.1) is 11.8 Å². The van der Waals surface area contributed by atoms with Crippen molar-refractivity contribution in [3.8, 4) is 0 Å². The molecule has 0 aliphatic heterocycles. The molecule has 2 rings (SSSR count). The molecule has 0 aliphatic rings. The van der Waals surface area contributed by atoms with E-state index in [2.05, 4.69) is 16.0 Å². The van der Waals surface area contributed by atoms with E-state index in [-0.39, 0.29) is 29.3 Å². The second-order valence-corrected chi connectivity index (χ2v) is 7.09. The van der Waals surface area contributed by atoms with Crippen LogP contribution in [-0.4, -0.2) is 29.3 Å². The van der Waals surface area contributed by atoms with Crippen molar-refractivity contribution in [2.45, 2.75) is 25.7 Å². The zero-order chi connectivity index (χ0) is 20.7. The van der Waals surface area contributed by atoms with E-state index in [1.54, 1.807) is 30.3 Å². The van der Waals surface area contributed by atoms with Crippen LogP contribution < -0.4 is 16.0 Å². The molecule has 0 aromatic heterocycles. The van der Waals surface area contributed by atoms with Gasteiger partial charge in [0.2, 0.25) is 17.7 Å². The number of hydrogen-bond acceptors (Lipinski definition) is 5. The summed E-state index contributed by atoms with van der Waals surface area (Å²) < 4.78 is 0. The summed E-state index contributed by atoms with van der Waals surface area (Å²) in [5, 5.41) is 7.94. The molecule has 0 saturated carbocycles. The SMILES string of the molecule is CC(=O)Nc1ccc(SCC(=O)c2ccc(NC(C)=O)cc2NC(C)=O)cc1. The molecule has 0 fully saturated rings.